The molecule has 8 nitrogen and oxygen atoms in total. The first-order valence-electron chi connectivity index (χ1n) is 13.1. The molecule has 2 aliphatic heterocycles. The summed E-state index contributed by atoms with van der Waals surface area (Å²) >= 11 is 1.48. The average Bonchev–Trinajstić information content (AvgIpc) is 3.54. The summed E-state index contributed by atoms with van der Waals surface area (Å²) in [6.45, 7) is 6.87. The van der Waals surface area contributed by atoms with Crippen LogP contribution in [0.15, 0.2) is 42.7 Å². The Kier molecular flexibility index (Phi) is 8.64. The molecule has 0 radical (unpaired) electrons. The summed E-state index contributed by atoms with van der Waals surface area (Å²) in [5, 5.41) is 20.8. The van der Waals surface area contributed by atoms with Gasteiger partial charge in [0.1, 0.15) is 11.1 Å². The number of piperidine rings is 1. The number of fused-ring (bicyclic) bond motifs is 1. The van der Waals surface area contributed by atoms with Crippen LogP contribution in [0.25, 0.3) is 0 Å². The van der Waals surface area contributed by atoms with Crippen molar-refractivity contribution in [3.05, 3.63) is 69.9 Å². The maximum atomic E-state index is 12.8. The summed E-state index contributed by atoms with van der Waals surface area (Å²) in [5.74, 6) is 0.484. The lowest BCUT2D eigenvalue weighted by atomic mass is 9.93. The Hall–Kier alpha value is -3.03. The highest BCUT2D eigenvalue weighted by Crippen LogP contribution is 2.35. The number of thiophene rings is 1. The van der Waals surface area contributed by atoms with Crippen LogP contribution in [0, 0.1) is 17.2 Å². The minimum absolute atomic E-state index is 0.242. The van der Waals surface area contributed by atoms with E-state index in [2.05, 4.69) is 57.0 Å². The van der Waals surface area contributed by atoms with Gasteiger partial charge in [-0.05, 0) is 62.4 Å². The summed E-state index contributed by atoms with van der Waals surface area (Å²) in [4.78, 5) is 16.4. The molecular formula is C28H34N6O2S. The third kappa shape index (κ3) is 6.65. The number of nitriles is 1. The summed E-state index contributed by atoms with van der Waals surface area (Å²) in [6.07, 6.45) is 7.67. The molecule has 194 valence electrons. The first-order chi connectivity index (χ1) is 18.2. The number of ether oxygens (including phenoxy) is 1. The second-order valence-corrected chi connectivity index (χ2v) is 10.9. The summed E-state index contributed by atoms with van der Waals surface area (Å²) in [7, 11) is 0. The van der Waals surface area contributed by atoms with Gasteiger partial charge in [-0.25, -0.2) is 0 Å². The number of aromatic nitrogens is 2. The van der Waals surface area contributed by atoms with Crippen molar-refractivity contribution in [3.63, 3.8) is 0 Å². The van der Waals surface area contributed by atoms with Crippen LogP contribution in [0.1, 0.15) is 51.2 Å². The first-order valence-corrected chi connectivity index (χ1v) is 13.9. The van der Waals surface area contributed by atoms with Crippen molar-refractivity contribution < 1.29 is 9.53 Å². The minimum atomic E-state index is -0.242. The lowest BCUT2D eigenvalue weighted by Crippen LogP contribution is -2.33. The third-order valence-electron chi connectivity index (χ3n) is 7.25. The number of carbonyl (C=O) groups excluding carboxylic acids is 1. The molecular weight excluding hydrogens is 484 g/mol. The molecule has 0 atom stereocenters. The van der Waals surface area contributed by atoms with Crippen molar-refractivity contribution in [2.45, 2.75) is 45.3 Å². The van der Waals surface area contributed by atoms with Gasteiger partial charge in [-0.1, -0.05) is 30.3 Å². The number of anilines is 1. The first kappa shape index (κ1) is 25.6. The molecule has 0 spiro atoms. The lowest BCUT2D eigenvalue weighted by Gasteiger charge is -2.32. The molecule has 2 aromatic heterocycles. The molecule has 0 bridgehead atoms. The SMILES string of the molecule is N#Cc1c(NC(=O)c2cnn(CCOCCC3CCN(Cc4ccccc4)CC3)c2)sc2c1CCNC2. The smallest absolute Gasteiger partial charge is 0.259 e. The molecule has 4 heterocycles. The van der Waals surface area contributed by atoms with Crippen LogP contribution in [0.4, 0.5) is 5.00 Å². The normalized spacial score (nSPS) is 16.3. The third-order valence-corrected chi connectivity index (χ3v) is 8.40. The molecule has 9 heteroatoms. The lowest BCUT2D eigenvalue weighted by molar-refractivity contribution is 0.0933. The standard InChI is InChI=1S/C28H34N6O2S/c29-16-25-24-6-10-30-18-26(24)37-28(25)32-27(35)23-17-31-34(20-23)13-15-36-14-9-21-7-11-33(12-8-21)19-22-4-2-1-3-5-22/h1-5,17,20-21,30H,6-15,18-19H2,(H,32,35). The van der Waals surface area contributed by atoms with Gasteiger partial charge in [0.05, 0.1) is 30.5 Å². The molecule has 0 unspecified atom stereocenters. The van der Waals surface area contributed by atoms with Crippen LogP contribution in [0.2, 0.25) is 0 Å². The molecule has 1 aromatic carbocycles. The highest BCUT2D eigenvalue weighted by Gasteiger charge is 2.22. The van der Waals surface area contributed by atoms with Gasteiger partial charge in [-0.15, -0.1) is 11.3 Å². The van der Waals surface area contributed by atoms with E-state index in [1.54, 1.807) is 17.1 Å². The number of likely N-dealkylation sites (tertiary alicyclic amines) is 1. The topological polar surface area (TPSA) is 95.2 Å². The van der Waals surface area contributed by atoms with E-state index in [0.717, 1.165) is 68.5 Å². The van der Waals surface area contributed by atoms with E-state index in [1.165, 1.54) is 29.7 Å². The number of rotatable bonds is 10. The number of benzene rings is 1. The Morgan fingerprint density at radius 1 is 1.24 bits per heavy atom. The fourth-order valence-electron chi connectivity index (χ4n) is 5.10. The van der Waals surface area contributed by atoms with Gasteiger partial charge in [0.25, 0.3) is 5.91 Å². The van der Waals surface area contributed by atoms with E-state index >= 15 is 0 Å². The zero-order chi connectivity index (χ0) is 25.5. The van der Waals surface area contributed by atoms with Crippen LogP contribution in [0.3, 0.4) is 0 Å². The Balaban J connectivity index is 1.00. The van der Waals surface area contributed by atoms with Crippen molar-refractivity contribution in [1.82, 2.24) is 20.0 Å². The van der Waals surface area contributed by atoms with E-state index in [0.29, 0.717) is 29.3 Å². The van der Waals surface area contributed by atoms with Gasteiger partial charge in [0.15, 0.2) is 0 Å². The van der Waals surface area contributed by atoms with E-state index < -0.39 is 0 Å². The number of hydrogen-bond acceptors (Lipinski definition) is 7. The van der Waals surface area contributed by atoms with Gasteiger partial charge < -0.3 is 15.4 Å². The summed E-state index contributed by atoms with van der Waals surface area (Å²) in [6, 6.07) is 13.0. The average molecular weight is 519 g/mol. The van der Waals surface area contributed by atoms with Crippen molar-refractivity contribution in [3.8, 4) is 6.07 Å². The van der Waals surface area contributed by atoms with Crippen LogP contribution in [-0.4, -0.2) is 53.4 Å². The number of hydrogen-bond donors (Lipinski definition) is 2. The van der Waals surface area contributed by atoms with Gasteiger partial charge in [0.2, 0.25) is 0 Å². The quantitative estimate of drug-likeness (QED) is 0.394. The zero-order valence-corrected chi connectivity index (χ0v) is 21.9. The van der Waals surface area contributed by atoms with Crippen LogP contribution < -0.4 is 10.6 Å². The highest BCUT2D eigenvalue weighted by molar-refractivity contribution is 7.16. The maximum Gasteiger partial charge on any atom is 0.259 e. The van der Waals surface area contributed by atoms with Crippen molar-refractivity contribution in [2.75, 3.05) is 38.2 Å². The second-order valence-electron chi connectivity index (χ2n) is 9.80. The number of nitrogens with one attached hydrogen (secondary N) is 2. The predicted molar refractivity (Wildman–Crippen MR) is 145 cm³/mol. The summed E-state index contributed by atoms with van der Waals surface area (Å²) in [5.41, 5.74) is 3.53. The fourth-order valence-corrected chi connectivity index (χ4v) is 6.27. The van der Waals surface area contributed by atoms with E-state index in [4.69, 9.17) is 4.74 Å². The largest absolute Gasteiger partial charge is 0.380 e. The van der Waals surface area contributed by atoms with Crippen LogP contribution >= 0.6 is 11.3 Å². The van der Waals surface area contributed by atoms with Crippen LogP contribution in [0.5, 0.6) is 0 Å². The molecule has 1 saturated heterocycles. The molecule has 2 aliphatic rings. The highest BCUT2D eigenvalue weighted by atomic mass is 32.1. The molecule has 37 heavy (non-hydrogen) atoms. The molecule has 1 fully saturated rings. The Labute approximate surface area is 222 Å². The molecule has 2 N–H and O–H groups in total. The van der Waals surface area contributed by atoms with E-state index in [9.17, 15) is 10.1 Å². The molecule has 0 saturated carbocycles. The minimum Gasteiger partial charge on any atom is -0.380 e. The van der Waals surface area contributed by atoms with Gasteiger partial charge in [0, 0.05) is 30.8 Å². The predicted octanol–water partition coefficient (Wildman–Crippen LogP) is 4.03. The van der Waals surface area contributed by atoms with E-state index in [1.807, 2.05) is 0 Å². The molecule has 1 amide bonds. The molecule has 5 rings (SSSR count). The van der Waals surface area contributed by atoms with E-state index in [-0.39, 0.29) is 5.91 Å². The zero-order valence-electron chi connectivity index (χ0n) is 21.1. The maximum absolute atomic E-state index is 12.8. The van der Waals surface area contributed by atoms with Crippen molar-refractivity contribution in [2.24, 2.45) is 5.92 Å². The Morgan fingerprint density at radius 2 is 2.08 bits per heavy atom. The number of nitrogens with zero attached hydrogens (tertiary/aromatic N) is 4. The monoisotopic (exact) mass is 518 g/mol. The van der Waals surface area contributed by atoms with Crippen molar-refractivity contribution in [1.29, 1.82) is 5.26 Å². The number of amides is 1. The Bertz CT molecular complexity index is 1220. The van der Waals surface area contributed by atoms with Crippen LogP contribution in [-0.2, 0) is 30.8 Å². The molecule has 3 aromatic rings. The Morgan fingerprint density at radius 3 is 2.89 bits per heavy atom. The summed E-state index contributed by atoms with van der Waals surface area (Å²) < 4.78 is 7.63. The van der Waals surface area contributed by atoms with Crippen molar-refractivity contribution >= 4 is 22.2 Å². The number of carbonyl (C=O) groups is 1. The fraction of sp³-hybridized carbons (Fsp3) is 0.464. The molecule has 0 aliphatic carbocycles. The van der Waals surface area contributed by atoms with Gasteiger partial charge >= 0.3 is 0 Å². The second kappa shape index (κ2) is 12.5. The van der Waals surface area contributed by atoms with Gasteiger partial charge in [-0.3, -0.25) is 14.4 Å². The van der Waals surface area contributed by atoms with Gasteiger partial charge in [-0.2, -0.15) is 10.4 Å².